The summed E-state index contributed by atoms with van der Waals surface area (Å²) in [7, 11) is 0. The third-order valence-corrected chi connectivity index (χ3v) is 4.13. The van der Waals surface area contributed by atoms with Gasteiger partial charge in [-0.25, -0.2) is 0 Å². The number of para-hydroxylation sites is 1. The Labute approximate surface area is 117 Å². The van der Waals surface area contributed by atoms with Crippen molar-refractivity contribution in [3.8, 4) is 0 Å². The Hall–Kier alpha value is -1.40. The maximum Gasteiger partial charge on any atom is 0.295 e. The number of nitro groups is 1. The first kappa shape index (κ1) is 13.0. The molecule has 2 rings (SSSR count). The van der Waals surface area contributed by atoms with Crippen molar-refractivity contribution in [2.45, 2.75) is 13.5 Å². The molecule has 18 heavy (non-hydrogen) atoms. The standard InChI is InChI=1S/C12H11BrN2O2S/c1-8-3-2-4-10(12(8)15(16)17)14-7-9-5-6-11(13)18-9/h2-6,14H,7H2,1H3. The van der Waals surface area contributed by atoms with Crippen LogP contribution in [0, 0.1) is 17.0 Å². The second-order valence-electron chi connectivity index (χ2n) is 3.79. The molecule has 4 nitrogen and oxygen atoms in total. The highest BCUT2D eigenvalue weighted by atomic mass is 79.9. The summed E-state index contributed by atoms with van der Waals surface area (Å²) in [5.41, 5.74) is 1.37. The van der Waals surface area contributed by atoms with Crippen molar-refractivity contribution >= 4 is 38.6 Å². The predicted molar refractivity (Wildman–Crippen MR) is 77.2 cm³/mol. The van der Waals surface area contributed by atoms with E-state index < -0.39 is 0 Å². The number of nitrogens with one attached hydrogen (secondary N) is 1. The molecule has 0 radical (unpaired) electrons. The third-order valence-electron chi connectivity index (χ3n) is 2.50. The van der Waals surface area contributed by atoms with Gasteiger partial charge in [-0.15, -0.1) is 11.3 Å². The number of nitro benzene ring substituents is 1. The summed E-state index contributed by atoms with van der Waals surface area (Å²) >= 11 is 5.00. The molecule has 0 saturated heterocycles. The molecule has 1 aromatic heterocycles. The van der Waals surface area contributed by atoms with E-state index in [1.165, 1.54) is 0 Å². The lowest BCUT2D eigenvalue weighted by atomic mass is 10.1. The minimum atomic E-state index is -0.345. The first-order chi connectivity index (χ1) is 8.58. The maximum atomic E-state index is 11.0. The van der Waals surface area contributed by atoms with Gasteiger partial charge in [0.25, 0.3) is 5.69 Å². The molecule has 0 saturated carbocycles. The average molecular weight is 327 g/mol. The molecule has 0 aliphatic heterocycles. The van der Waals surface area contributed by atoms with Crippen LogP contribution in [0.1, 0.15) is 10.4 Å². The average Bonchev–Trinajstić information content (AvgIpc) is 2.72. The molecule has 1 heterocycles. The summed E-state index contributed by atoms with van der Waals surface area (Å²) < 4.78 is 1.05. The summed E-state index contributed by atoms with van der Waals surface area (Å²) in [6.45, 7) is 2.33. The number of aryl methyl sites for hydroxylation is 1. The quantitative estimate of drug-likeness (QED) is 0.671. The summed E-state index contributed by atoms with van der Waals surface area (Å²) in [4.78, 5) is 11.8. The van der Waals surface area contributed by atoms with Gasteiger partial charge in [0, 0.05) is 17.0 Å². The highest BCUT2D eigenvalue weighted by Gasteiger charge is 2.16. The van der Waals surface area contributed by atoms with E-state index in [1.807, 2.05) is 18.2 Å². The molecule has 94 valence electrons. The number of anilines is 1. The normalized spacial score (nSPS) is 10.3. The van der Waals surface area contributed by atoms with Crippen LogP contribution in [-0.4, -0.2) is 4.92 Å². The molecule has 0 amide bonds. The second kappa shape index (κ2) is 5.49. The molecule has 0 bridgehead atoms. The van der Waals surface area contributed by atoms with Crippen molar-refractivity contribution in [1.82, 2.24) is 0 Å². The molecule has 6 heteroatoms. The molecule has 0 aliphatic carbocycles. The van der Waals surface area contributed by atoms with Gasteiger partial charge in [0.05, 0.1) is 8.71 Å². The Kier molecular flexibility index (Phi) is 3.98. The van der Waals surface area contributed by atoms with E-state index in [2.05, 4.69) is 21.2 Å². The number of rotatable bonds is 4. The lowest BCUT2D eigenvalue weighted by Gasteiger charge is -2.07. The van der Waals surface area contributed by atoms with Crippen LogP contribution in [0.4, 0.5) is 11.4 Å². The monoisotopic (exact) mass is 326 g/mol. The fourth-order valence-corrected chi connectivity index (χ4v) is 3.10. The van der Waals surface area contributed by atoms with Crippen LogP contribution < -0.4 is 5.32 Å². The topological polar surface area (TPSA) is 55.2 Å². The Bertz CT molecular complexity index is 583. The van der Waals surface area contributed by atoms with Crippen LogP contribution >= 0.6 is 27.3 Å². The maximum absolute atomic E-state index is 11.0. The Morgan fingerprint density at radius 3 is 2.78 bits per heavy atom. The number of halogens is 1. The van der Waals surface area contributed by atoms with Crippen LogP contribution in [0.2, 0.25) is 0 Å². The third kappa shape index (κ3) is 2.88. The van der Waals surface area contributed by atoms with Crippen molar-refractivity contribution in [2.75, 3.05) is 5.32 Å². The highest BCUT2D eigenvalue weighted by Crippen LogP contribution is 2.29. The number of hydrogen-bond donors (Lipinski definition) is 1. The minimum absolute atomic E-state index is 0.146. The van der Waals surface area contributed by atoms with Crippen molar-refractivity contribution in [3.05, 3.63) is 54.7 Å². The molecule has 0 spiro atoms. The summed E-state index contributed by atoms with van der Waals surface area (Å²) in [6.07, 6.45) is 0. The first-order valence-electron chi connectivity index (χ1n) is 5.30. The second-order valence-corrected chi connectivity index (χ2v) is 6.34. The van der Waals surface area contributed by atoms with Crippen LogP contribution in [0.5, 0.6) is 0 Å². The first-order valence-corrected chi connectivity index (χ1v) is 6.91. The number of benzene rings is 1. The Morgan fingerprint density at radius 1 is 1.39 bits per heavy atom. The molecule has 0 fully saturated rings. The van der Waals surface area contributed by atoms with E-state index in [9.17, 15) is 10.1 Å². The van der Waals surface area contributed by atoms with Crippen LogP contribution in [0.25, 0.3) is 0 Å². The van der Waals surface area contributed by atoms with E-state index in [0.29, 0.717) is 17.8 Å². The van der Waals surface area contributed by atoms with Crippen molar-refractivity contribution in [3.63, 3.8) is 0 Å². The van der Waals surface area contributed by atoms with Crippen LogP contribution in [0.15, 0.2) is 34.1 Å². The van der Waals surface area contributed by atoms with Gasteiger partial charge in [-0.1, -0.05) is 12.1 Å². The van der Waals surface area contributed by atoms with Gasteiger partial charge >= 0.3 is 0 Å². The number of hydrogen-bond acceptors (Lipinski definition) is 4. The fraction of sp³-hybridized carbons (Fsp3) is 0.167. The summed E-state index contributed by atoms with van der Waals surface area (Å²) in [6, 6.07) is 9.24. The number of nitrogens with zero attached hydrogens (tertiary/aromatic N) is 1. The smallest absolute Gasteiger partial charge is 0.295 e. The summed E-state index contributed by atoms with van der Waals surface area (Å²) in [5, 5.41) is 14.1. The SMILES string of the molecule is Cc1cccc(NCc2ccc(Br)s2)c1[N+](=O)[O-]. The van der Waals surface area contributed by atoms with Gasteiger partial charge in [0.2, 0.25) is 0 Å². The Morgan fingerprint density at radius 2 is 2.17 bits per heavy atom. The fourth-order valence-electron chi connectivity index (χ4n) is 1.67. The van der Waals surface area contributed by atoms with Crippen molar-refractivity contribution in [1.29, 1.82) is 0 Å². The van der Waals surface area contributed by atoms with Gasteiger partial charge in [-0.2, -0.15) is 0 Å². The highest BCUT2D eigenvalue weighted by molar-refractivity contribution is 9.11. The summed E-state index contributed by atoms with van der Waals surface area (Å²) in [5.74, 6) is 0. The molecule has 1 N–H and O–H groups in total. The zero-order valence-electron chi connectivity index (χ0n) is 9.64. The van der Waals surface area contributed by atoms with Crippen molar-refractivity contribution < 1.29 is 4.92 Å². The molecular formula is C12H11BrN2O2S. The van der Waals surface area contributed by atoms with E-state index in [1.54, 1.807) is 30.4 Å². The van der Waals surface area contributed by atoms with Gasteiger partial charge < -0.3 is 5.32 Å². The van der Waals surface area contributed by atoms with Gasteiger partial charge in [-0.05, 0) is 41.1 Å². The lowest BCUT2D eigenvalue weighted by molar-refractivity contribution is -0.384. The molecule has 1 aromatic carbocycles. The van der Waals surface area contributed by atoms with Gasteiger partial charge in [0.1, 0.15) is 5.69 Å². The van der Waals surface area contributed by atoms with E-state index in [0.717, 1.165) is 8.66 Å². The van der Waals surface area contributed by atoms with Gasteiger partial charge in [-0.3, -0.25) is 10.1 Å². The van der Waals surface area contributed by atoms with Crippen LogP contribution in [0.3, 0.4) is 0 Å². The lowest BCUT2D eigenvalue weighted by Crippen LogP contribution is -2.02. The van der Waals surface area contributed by atoms with Crippen LogP contribution in [-0.2, 0) is 6.54 Å². The van der Waals surface area contributed by atoms with Gasteiger partial charge in [0.15, 0.2) is 0 Å². The molecule has 2 aromatic rings. The number of thiophene rings is 1. The largest absolute Gasteiger partial charge is 0.375 e. The van der Waals surface area contributed by atoms with E-state index in [-0.39, 0.29) is 10.6 Å². The van der Waals surface area contributed by atoms with E-state index in [4.69, 9.17) is 0 Å². The minimum Gasteiger partial charge on any atom is -0.375 e. The predicted octanol–water partition coefficient (Wildman–Crippen LogP) is 4.34. The zero-order valence-corrected chi connectivity index (χ0v) is 12.0. The molecule has 0 atom stereocenters. The zero-order chi connectivity index (χ0) is 13.1. The molecule has 0 aliphatic rings. The van der Waals surface area contributed by atoms with Crippen molar-refractivity contribution in [2.24, 2.45) is 0 Å². The molecule has 0 unspecified atom stereocenters. The molecular weight excluding hydrogens is 316 g/mol. The Balaban J connectivity index is 2.19. The van der Waals surface area contributed by atoms with E-state index >= 15 is 0 Å².